The number of nitrogens with one attached hydrogen (secondary N) is 2. The van der Waals surface area contributed by atoms with Crippen LogP contribution in [0.2, 0.25) is 0 Å². The second kappa shape index (κ2) is 8.04. The van der Waals surface area contributed by atoms with Gasteiger partial charge in [-0.2, -0.15) is 0 Å². The van der Waals surface area contributed by atoms with Gasteiger partial charge in [0.05, 0.1) is 12.7 Å². The Hall–Kier alpha value is -1.14. The number of hydrogen-bond acceptors (Lipinski definition) is 4. The first kappa shape index (κ1) is 20.2. The summed E-state index contributed by atoms with van der Waals surface area (Å²) in [7, 11) is 1.41. The van der Waals surface area contributed by atoms with E-state index in [0.29, 0.717) is 22.1 Å². The second-order valence-corrected chi connectivity index (χ2v) is 9.62. The largest absolute Gasteiger partial charge is 0.465 e. The van der Waals surface area contributed by atoms with E-state index in [9.17, 15) is 4.79 Å². The Balaban J connectivity index is 1.96. The third-order valence-electron chi connectivity index (χ3n) is 5.29. The van der Waals surface area contributed by atoms with Gasteiger partial charge in [0.25, 0.3) is 0 Å². The van der Waals surface area contributed by atoms with Crippen LogP contribution in [-0.2, 0) is 4.74 Å². The van der Waals surface area contributed by atoms with Crippen LogP contribution >= 0.6 is 23.6 Å². The van der Waals surface area contributed by atoms with Crippen molar-refractivity contribution in [3.05, 3.63) is 16.0 Å². The molecule has 0 aromatic carbocycles. The molecule has 0 bridgehead atoms. The minimum atomic E-state index is -0.321. The molecular weight excluding hydrogens is 352 g/mol. The molecule has 0 atom stereocenters. The summed E-state index contributed by atoms with van der Waals surface area (Å²) in [6, 6.07) is 0.405. The fourth-order valence-electron chi connectivity index (χ4n) is 3.49. The van der Waals surface area contributed by atoms with Gasteiger partial charge in [0.2, 0.25) is 0 Å². The normalized spacial score (nSPS) is 20.9. The number of aryl methyl sites for hydroxylation is 1. The Morgan fingerprint density at radius 2 is 1.80 bits per heavy atom. The molecule has 1 heterocycles. The standard InChI is InChI=1S/C19H30N2O2S2/c1-11-12(2)25-16(15(11)17(22)23-6)21-18(24)20-14-9-7-13(8-10-14)19(3,4)5/h13-14H,7-10H2,1-6H3,(H2,20,21,24). The van der Waals surface area contributed by atoms with Gasteiger partial charge in [-0.15, -0.1) is 11.3 Å². The first-order valence-electron chi connectivity index (χ1n) is 8.89. The molecular formula is C19H30N2O2S2. The van der Waals surface area contributed by atoms with Crippen LogP contribution in [-0.4, -0.2) is 24.2 Å². The molecule has 6 heteroatoms. The van der Waals surface area contributed by atoms with Crippen molar-refractivity contribution in [2.45, 2.75) is 66.3 Å². The molecule has 0 saturated heterocycles. The summed E-state index contributed by atoms with van der Waals surface area (Å²) in [6.07, 6.45) is 4.73. The maximum absolute atomic E-state index is 12.1. The van der Waals surface area contributed by atoms with E-state index < -0.39 is 0 Å². The summed E-state index contributed by atoms with van der Waals surface area (Å²) in [5.41, 5.74) is 1.92. The fourth-order valence-corrected chi connectivity index (χ4v) is 4.88. The number of ether oxygens (including phenoxy) is 1. The van der Waals surface area contributed by atoms with E-state index in [4.69, 9.17) is 17.0 Å². The van der Waals surface area contributed by atoms with Crippen molar-refractivity contribution in [1.29, 1.82) is 0 Å². The van der Waals surface area contributed by atoms with Crippen LogP contribution in [0.1, 0.15) is 67.3 Å². The van der Waals surface area contributed by atoms with Crippen LogP contribution in [0.4, 0.5) is 5.00 Å². The highest BCUT2D eigenvalue weighted by atomic mass is 32.1. The second-order valence-electron chi connectivity index (χ2n) is 7.99. The molecule has 25 heavy (non-hydrogen) atoms. The fraction of sp³-hybridized carbons (Fsp3) is 0.684. The lowest BCUT2D eigenvalue weighted by molar-refractivity contribution is 0.0601. The number of methoxy groups -OCH3 is 1. The van der Waals surface area contributed by atoms with Crippen molar-refractivity contribution in [2.75, 3.05) is 12.4 Å². The predicted octanol–water partition coefficient (Wildman–Crippen LogP) is 5.04. The predicted molar refractivity (Wildman–Crippen MR) is 110 cm³/mol. The summed E-state index contributed by atoms with van der Waals surface area (Å²) in [5, 5.41) is 8.00. The van der Waals surface area contributed by atoms with E-state index in [1.807, 2.05) is 13.8 Å². The molecule has 0 amide bonds. The summed E-state index contributed by atoms with van der Waals surface area (Å²) < 4.78 is 4.91. The number of rotatable bonds is 3. The number of esters is 1. The average Bonchev–Trinajstić information content (AvgIpc) is 2.80. The van der Waals surface area contributed by atoms with Crippen molar-refractivity contribution < 1.29 is 9.53 Å². The monoisotopic (exact) mass is 382 g/mol. The maximum atomic E-state index is 12.1. The smallest absolute Gasteiger partial charge is 0.341 e. The van der Waals surface area contributed by atoms with Crippen LogP contribution < -0.4 is 10.6 Å². The molecule has 2 rings (SSSR count). The zero-order valence-corrected chi connectivity index (χ0v) is 17.7. The highest BCUT2D eigenvalue weighted by molar-refractivity contribution is 7.80. The zero-order chi connectivity index (χ0) is 18.8. The lowest BCUT2D eigenvalue weighted by Gasteiger charge is -2.37. The van der Waals surface area contributed by atoms with E-state index in [2.05, 4.69) is 31.4 Å². The van der Waals surface area contributed by atoms with Gasteiger partial charge in [0, 0.05) is 10.9 Å². The van der Waals surface area contributed by atoms with E-state index in [1.54, 1.807) is 0 Å². The molecule has 4 nitrogen and oxygen atoms in total. The molecule has 0 spiro atoms. The van der Waals surface area contributed by atoms with Crippen molar-refractivity contribution in [1.82, 2.24) is 5.32 Å². The summed E-state index contributed by atoms with van der Waals surface area (Å²) in [6.45, 7) is 10.9. The topological polar surface area (TPSA) is 50.4 Å². The Morgan fingerprint density at radius 3 is 2.32 bits per heavy atom. The van der Waals surface area contributed by atoms with Crippen LogP contribution in [0.5, 0.6) is 0 Å². The third kappa shape index (κ3) is 4.94. The molecule has 0 radical (unpaired) electrons. The van der Waals surface area contributed by atoms with Gasteiger partial charge in [-0.05, 0) is 68.6 Å². The molecule has 0 aliphatic heterocycles. The van der Waals surface area contributed by atoms with Crippen LogP contribution in [0.25, 0.3) is 0 Å². The number of anilines is 1. The van der Waals surface area contributed by atoms with Gasteiger partial charge in [0.15, 0.2) is 5.11 Å². The van der Waals surface area contributed by atoms with E-state index in [1.165, 1.54) is 31.3 Å². The lowest BCUT2D eigenvalue weighted by Crippen LogP contribution is -2.41. The van der Waals surface area contributed by atoms with Crippen LogP contribution in [0, 0.1) is 25.2 Å². The Labute approximate surface area is 160 Å². The van der Waals surface area contributed by atoms with Crippen molar-refractivity contribution >= 4 is 39.6 Å². The molecule has 0 unspecified atom stereocenters. The van der Waals surface area contributed by atoms with Gasteiger partial charge >= 0.3 is 5.97 Å². The quantitative estimate of drug-likeness (QED) is 0.566. The Morgan fingerprint density at radius 1 is 1.20 bits per heavy atom. The minimum Gasteiger partial charge on any atom is -0.465 e. The lowest BCUT2D eigenvalue weighted by atomic mass is 9.71. The third-order valence-corrected chi connectivity index (χ3v) is 6.63. The Bertz CT molecular complexity index is 639. The molecule has 1 aliphatic rings. The molecule has 1 saturated carbocycles. The van der Waals surface area contributed by atoms with Crippen molar-refractivity contribution in [2.24, 2.45) is 11.3 Å². The highest BCUT2D eigenvalue weighted by Crippen LogP contribution is 2.38. The van der Waals surface area contributed by atoms with Crippen LogP contribution in [0.3, 0.4) is 0 Å². The maximum Gasteiger partial charge on any atom is 0.341 e. The van der Waals surface area contributed by atoms with E-state index in [0.717, 1.165) is 34.2 Å². The van der Waals surface area contributed by atoms with Crippen molar-refractivity contribution in [3.63, 3.8) is 0 Å². The Kier molecular flexibility index (Phi) is 6.49. The number of thiophene rings is 1. The minimum absolute atomic E-state index is 0.321. The molecule has 1 fully saturated rings. The zero-order valence-electron chi connectivity index (χ0n) is 16.1. The summed E-state index contributed by atoms with van der Waals surface area (Å²) >= 11 is 7.03. The molecule has 1 aliphatic carbocycles. The van der Waals surface area contributed by atoms with E-state index in [-0.39, 0.29) is 5.97 Å². The van der Waals surface area contributed by atoms with Gasteiger partial charge in [-0.3, -0.25) is 0 Å². The van der Waals surface area contributed by atoms with Crippen LogP contribution in [0.15, 0.2) is 0 Å². The van der Waals surface area contributed by atoms with Crippen molar-refractivity contribution in [3.8, 4) is 0 Å². The number of hydrogen-bond donors (Lipinski definition) is 2. The van der Waals surface area contributed by atoms with Gasteiger partial charge in [-0.25, -0.2) is 4.79 Å². The summed E-state index contributed by atoms with van der Waals surface area (Å²) in [5.74, 6) is 0.457. The average molecular weight is 383 g/mol. The summed E-state index contributed by atoms with van der Waals surface area (Å²) in [4.78, 5) is 13.1. The van der Waals surface area contributed by atoms with Gasteiger partial charge in [0.1, 0.15) is 5.00 Å². The number of carbonyl (C=O) groups is 1. The number of carbonyl (C=O) groups excluding carboxylic acids is 1. The molecule has 140 valence electrons. The van der Waals surface area contributed by atoms with E-state index >= 15 is 0 Å². The number of thiocarbonyl (C=S) groups is 1. The van der Waals surface area contributed by atoms with Gasteiger partial charge in [-0.1, -0.05) is 20.8 Å². The molecule has 1 aromatic rings. The first-order valence-corrected chi connectivity index (χ1v) is 10.1. The molecule has 1 aromatic heterocycles. The molecule has 2 N–H and O–H groups in total. The van der Waals surface area contributed by atoms with Gasteiger partial charge < -0.3 is 15.4 Å². The SMILES string of the molecule is COC(=O)c1c(NC(=S)NC2CCC(C(C)(C)C)CC2)sc(C)c1C. The highest BCUT2D eigenvalue weighted by Gasteiger charge is 2.30. The first-order chi connectivity index (χ1) is 11.6.